The van der Waals surface area contributed by atoms with Gasteiger partial charge in [0.25, 0.3) is 5.91 Å². The molecular formula is C18H21N3O. The number of rotatable bonds is 3. The van der Waals surface area contributed by atoms with Gasteiger partial charge < -0.3 is 5.32 Å². The van der Waals surface area contributed by atoms with Crippen molar-refractivity contribution in [2.75, 3.05) is 0 Å². The largest absolute Gasteiger partial charge is 0.349 e. The second-order valence-electron chi connectivity index (χ2n) is 6.86. The molecule has 0 radical (unpaired) electrons. The first-order chi connectivity index (χ1) is 10.7. The average Bonchev–Trinajstić information content (AvgIpc) is 3.17. The second-order valence-corrected chi connectivity index (χ2v) is 6.86. The molecule has 2 bridgehead atoms. The predicted molar refractivity (Wildman–Crippen MR) is 85.4 cm³/mol. The molecule has 0 spiro atoms. The first kappa shape index (κ1) is 13.7. The Morgan fingerprint density at radius 3 is 2.73 bits per heavy atom. The Morgan fingerprint density at radius 2 is 2.00 bits per heavy atom. The maximum Gasteiger partial charge on any atom is 0.251 e. The van der Waals surface area contributed by atoms with E-state index in [1.807, 2.05) is 18.2 Å². The normalized spacial score (nSPS) is 28.0. The maximum atomic E-state index is 12.5. The standard InChI is InChI=1S/C18H21N3O/c1-11(15-9-12-2-3-13(15)8-12)21-18(22)14-4-5-16-17(10-14)20-7-6-19-16/h4-7,10-13,15H,2-3,8-9H2,1H3,(H,21,22)/t11-,12+,13+,15-/m1/s1. The summed E-state index contributed by atoms with van der Waals surface area (Å²) in [4.78, 5) is 21.0. The Morgan fingerprint density at radius 1 is 1.18 bits per heavy atom. The Kier molecular flexibility index (Phi) is 3.32. The van der Waals surface area contributed by atoms with E-state index in [2.05, 4.69) is 22.2 Å². The van der Waals surface area contributed by atoms with Gasteiger partial charge in [-0.3, -0.25) is 14.8 Å². The number of carbonyl (C=O) groups is 1. The van der Waals surface area contributed by atoms with Crippen LogP contribution in [-0.2, 0) is 0 Å². The maximum absolute atomic E-state index is 12.5. The molecule has 1 heterocycles. The van der Waals surface area contributed by atoms with Crippen molar-refractivity contribution >= 4 is 16.9 Å². The Bertz CT molecular complexity index is 714. The highest BCUT2D eigenvalue weighted by Crippen LogP contribution is 2.49. The van der Waals surface area contributed by atoms with Gasteiger partial charge in [0.2, 0.25) is 0 Å². The average molecular weight is 295 g/mol. The molecule has 22 heavy (non-hydrogen) atoms. The van der Waals surface area contributed by atoms with Crippen molar-refractivity contribution in [3.8, 4) is 0 Å². The fourth-order valence-electron chi connectivity index (χ4n) is 4.41. The van der Waals surface area contributed by atoms with Crippen LogP contribution in [0, 0.1) is 17.8 Å². The van der Waals surface area contributed by atoms with Crippen molar-refractivity contribution < 1.29 is 4.79 Å². The van der Waals surface area contributed by atoms with Crippen LogP contribution in [0.3, 0.4) is 0 Å². The van der Waals surface area contributed by atoms with Crippen LogP contribution in [0.1, 0.15) is 43.0 Å². The molecule has 2 aliphatic rings. The van der Waals surface area contributed by atoms with Crippen molar-refractivity contribution in [2.45, 2.75) is 38.6 Å². The van der Waals surface area contributed by atoms with Gasteiger partial charge in [-0.2, -0.15) is 0 Å². The molecule has 2 aliphatic carbocycles. The molecule has 1 amide bonds. The number of aromatic nitrogens is 2. The zero-order valence-corrected chi connectivity index (χ0v) is 12.8. The van der Waals surface area contributed by atoms with Crippen LogP contribution in [0.15, 0.2) is 30.6 Å². The lowest BCUT2D eigenvalue weighted by Crippen LogP contribution is -2.40. The highest BCUT2D eigenvalue weighted by Gasteiger charge is 2.42. The molecule has 1 aromatic heterocycles. The number of hydrogen-bond donors (Lipinski definition) is 1. The van der Waals surface area contributed by atoms with Gasteiger partial charge in [0.05, 0.1) is 11.0 Å². The summed E-state index contributed by atoms with van der Waals surface area (Å²) in [6.07, 6.45) is 8.72. The third-order valence-electron chi connectivity index (χ3n) is 5.53. The lowest BCUT2D eigenvalue weighted by atomic mass is 9.84. The number of nitrogens with zero attached hydrogens (tertiary/aromatic N) is 2. The fraction of sp³-hybridized carbons (Fsp3) is 0.500. The van der Waals surface area contributed by atoms with Crippen LogP contribution in [-0.4, -0.2) is 21.9 Å². The highest BCUT2D eigenvalue weighted by molar-refractivity contribution is 5.97. The zero-order chi connectivity index (χ0) is 15.1. The van der Waals surface area contributed by atoms with Crippen molar-refractivity contribution in [1.29, 1.82) is 0 Å². The lowest BCUT2D eigenvalue weighted by molar-refractivity contribution is 0.0915. The molecule has 2 saturated carbocycles. The molecule has 0 aliphatic heterocycles. The van der Waals surface area contributed by atoms with Gasteiger partial charge in [0, 0.05) is 24.0 Å². The van der Waals surface area contributed by atoms with E-state index in [1.54, 1.807) is 12.4 Å². The summed E-state index contributed by atoms with van der Waals surface area (Å²) in [5.41, 5.74) is 2.26. The van der Waals surface area contributed by atoms with Crippen LogP contribution >= 0.6 is 0 Å². The summed E-state index contributed by atoms with van der Waals surface area (Å²) in [5.74, 6) is 2.39. The summed E-state index contributed by atoms with van der Waals surface area (Å²) in [6.45, 7) is 2.16. The Balaban J connectivity index is 1.48. The quantitative estimate of drug-likeness (QED) is 0.946. The predicted octanol–water partition coefficient (Wildman–Crippen LogP) is 3.18. The minimum atomic E-state index is 0.00262. The number of amides is 1. The number of fused-ring (bicyclic) bond motifs is 3. The molecule has 0 unspecified atom stereocenters. The molecule has 1 N–H and O–H groups in total. The van der Waals surface area contributed by atoms with Crippen LogP contribution in [0.5, 0.6) is 0 Å². The van der Waals surface area contributed by atoms with Gasteiger partial charge in [-0.15, -0.1) is 0 Å². The van der Waals surface area contributed by atoms with E-state index in [0.29, 0.717) is 11.5 Å². The van der Waals surface area contributed by atoms with Crippen molar-refractivity contribution in [2.24, 2.45) is 17.8 Å². The van der Waals surface area contributed by atoms with Crippen LogP contribution in [0.4, 0.5) is 0 Å². The van der Waals surface area contributed by atoms with E-state index in [9.17, 15) is 4.79 Å². The topological polar surface area (TPSA) is 54.9 Å². The molecule has 2 fully saturated rings. The van der Waals surface area contributed by atoms with Gasteiger partial charge in [-0.05, 0) is 62.1 Å². The van der Waals surface area contributed by atoms with E-state index in [-0.39, 0.29) is 11.9 Å². The van der Waals surface area contributed by atoms with E-state index in [0.717, 1.165) is 22.9 Å². The minimum Gasteiger partial charge on any atom is -0.349 e. The monoisotopic (exact) mass is 295 g/mol. The number of benzene rings is 1. The summed E-state index contributed by atoms with van der Waals surface area (Å²) in [5, 5.41) is 3.20. The number of hydrogen-bond acceptors (Lipinski definition) is 3. The molecule has 0 saturated heterocycles. The Hall–Kier alpha value is -1.97. The fourth-order valence-corrected chi connectivity index (χ4v) is 4.41. The molecular weight excluding hydrogens is 274 g/mol. The summed E-state index contributed by atoms with van der Waals surface area (Å²) >= 11 is 0. The summed E-state index contributed by atoms with van der Waals surface area (Å²) < 4.78 is 0. The van der Waals surface area contributed by atoms with Gasteiger partial charge in [0.1, 0.15) is 0 Å². The SMILES string of the molecule is C[C@@H](NC(=O)c1ccc2nccnc2c1)[C@H]1C[C@H]2CC[C@H]1C2. The highest BCUT2D eigenvalue weighted by atomic mass is 16.1. The van der Waals surface area contributed by atoms with Crippen molar-refractivity contribution in [3.63, 3.8) is 0 Å². The third kappa shape index (κ3) is 2.36. The summed E-state index contributed by atoms with van der Waals surface area (Å²) in [7, 11) is 0. The molecule has 1 aromatic carbocycles. The van der Waals surface area contributed by atoms with Gasteiger partial charge in [0.15, 0.2) is 0 Å². The first-order valence-corrected chi connectivity index (χ1v) is 8.22. The Labute approximate surface area is 130 Å². The van der Waals surface area contributed by atoms with Crippen LogP contribution < -0.4 is 5.32 Å². The zero-order valence-electron chi connectivity index (χ0n) is 12.8. The van der Waals surface area contributed by atoms with Crippen molar-refractivity contribution in [3.05, 3.63) is 36.2 Å². The second kappa shape index (κ2) is 5.34. The van der Waals surface area contributed by atoms with E-state index < -0.39 is 0 Å². The van der Waals surface area contributed by atoms with Crippen LogP contribution in [0.25, 0.3) is 11.0 Å². The number of nitrogens with one attached hydrogen (secondary N) is 1. The van der Waals surface area contributed by atoms with Crippen molar-refractivity contribution in [1.82, 2.24) is 15.3 Å². The smallest absolute Gasteiger partial charge is 0.251 e. The number of carbonyl (C=O) groups excluding carboxylic acids is 1. The third-order valence-corrected chi connectivity index (χ3v) is 5.53. The van der Waals surface area contributed by atoms with E-state index in [4.69, 9.17) is 0 Å². The molecule has 114 valence electrons. The molecule has 4 heteroatoms. The van der Waals surface area contributed by atoms with E-state index in [1.165, 1.54) is 25.7 Å². The van der Waals surface area contributed by atoms with Gasteiger partial charge in [-0.25, -0.2) is 0 Å². The molecule has 4 atom stereocenters. The van der Waals surface area contributed by atoms with Crippen LogP contribution in [0.2, 0.25) is 0 Å². The molecule has 2 aromatic rings. The van der Waals surface area contributed by atoms with E-state index >= 15 is 0 Å². The first-order valence-electron chi connectivity index (χ1n) is 8.22. The minimum absolute atomic E-state index is 0.00262. The van der Waals surface area contributed by atoms with Gasteiger partial charge >= 0.3 is 0 Å². The molecule has 4 nitrogen and oxygen atoms in total. The molecule has 4 rings (SSSR count). The van der Waals surface area contributed by atoms with Gasteiger partial charge in [-0.1, -0.05) is 6.42 Å². The summed E-state index contributed by atoms with van der Waals surface area (Å²) in [6, 6.07) is 5.77. The lowest BCUT2D eigenvalue weighted by Gasteiger charge is -2.28.